The largest absolute Gasteiger partial charge is 0.497 e. The van der Waals surface area contributed by atoms with E-state index in [4.69, 9.17) is 18.9 Å². The fourth-order valence-corrected chi connectivity index (χ4v) is 6.46. The summed E-state index contributed by atoms with van der Waals surface area (Å²) in [5.41, 5.74) is 5.48. The van der Waals surface area contributed by atoms with Crippen LogP contribution in [0.4, 0.5) is 4.79 Å². The van der Waals surface area contributed by atoms with Gasteiger partial charge in [-0.1, -0.05) is 24.3 Å². The van der Waals surface area contributed by atoms with Gasteiger partial charge in [0.1, 0.15) is 29.0 Å². The van der Waals surface area contributed by atoms with E-state index in [1.54, 1.807) is 12.0 Å². The van der Waals surface area contributed by atoms with Crippen molar-refractivity contribution in [2.45, 2.75) is 104 Å². The van der Waals surface area contributed by atoms with E-state index in [0.717, 1.165) is 63.1 Å². The zero-order chi connectivity index (χ0) is 35.2. The lowest BCUT2D eigenvalue weighted by Gasteiger charge is -2.33. The Morgan fingerprint density at radius 1 is 0.837 bits per heavy atom. The van der Waals surface area contributed by atoms with Crippen molar-refractivity contribution in [2.75, 3.05) is 26.7 Å². The van der Waals surface area contributed by atoms with Gasteiger partial charge in [0.25, 0.3) is 0 Å². The summed E-state index contributed by atoms with van der Waals surface area (Å²) in [6.07, 6.45) is 5.29. The molecule has 1 fully saturated rings. The van der Waals surface area contributed by atoms with E-state index >= 15 is 0 Å². The highest BCUT2D eigenvalue weighted by molar-refractivity contribution is 5.78. The van der Waals surface area contributed by atoms with E-state index in [0.29, 0.717) is 24.8 Å². The molecule has 0 saturated carbocycles. The molecule has 1 saturated heterocycles. The van der Waals surface area contributed by atoms with E-state index in [9.17, 15) is 9.59 Å². The molecule has 1 aliphatic heterocycles. The number of piperidine rings is 1. The zero-order valence-corrected chi connectivity index (χ0v) is 30.4. The lowest BCUT2D eigenvalue weighted by atomic mass is 9.78. The van der Waals surface area contributed by atoms with E-state index in [2.05, 4.69) is 41.7 Å². The fraction of sp³-hybridized carbons (Fsp3) is 0.512. The normalized spacial score (nSPS) is 16.9. The Morgan fingerprint density at radius 2 is 1.53 bits per heavy atom. The number of hydrogen-bond acceptors (Lipinski definition) is 7. The quantitative estimate of drug-likeness (QED) is 0.133. The van der Waals surface area contributed by atoms with Crippen molar-refractivity contribution in [1.82, 2.24) is 10.2 Å². The van der Waals surface area contributed by atoms with Crippen molar-refractivity contribution < 1.29 is 28.5 Å². The van der Waals surface area contributed by atoms with Gasteiger partial charge in [-0.05, 0) is 144 Å². The Hall–Kier alpha value is -4.04. The second-order valence-electron chi connectivity index (χ2n) is 15.4. The smallest absolute Gasteiger partial charge is 0.410 e. The van der Waals surface area contributed by atoms with Crippen molar-refractivity contribution in [2.24, 2.45) is 5.41 Å². The maximum atomic E-state index is 12.4. The Labute approximate surface area is 292 Å². The number of carbonyl (C=O) groups excluding carboxylic acids is 2. The first-order valence-corrected chi connectivity index (χ1v) is 17.7. The van der Waals surface area contributed by atoms with Crippen LogP contribution in [0, 0.1) is 5.41 Å². The summed E-state index contributed by atoms with van der Waals surface area (Å²) >= 11 is 0. The minimum absolute atomic E-state index is 0.0907. The number of carbonyl (C=O) groups is 2. The molecule has 0 aromatic heterocycles. The molecule has 3 aromatic carbocycles. The second kappa shape index (κ2) is 15.7. The molecule has 1 amide bonds. The second-order valence-corrected chi connectivity index (χ2v) is 15.4. The Morgan fingerprint density at radius 3 is 2.20 bits per heavy atom. The lowest BCUT2D eigenvalue weighted by Crippen LogP contribution is -2.44. The molecule has 3 aromatic rings. The van der Waals surface area contributed by atoms with Gasteiger partial charge in [0.05, 0.1) is 12.5 Å². The maximum Gasteiger partial charge on any atom is 0.410 e. The number of benzene rings is 3. The van der Waals surface area contributed by atoms with Crippen LogP contribution in [0.3, 0.4) is 0 Å². The van der Waals surface area contributed by atoms with Gasteiger partial charge < -0.3 is 29.2 Å². The van der Waals surface area contributed by atoms with Gasteiger partial charge >= 0.3 is 12.1 Å². The fourth-order valence-electron chi connectivity index (χ4n) is 6.46. The number of fused-ring (bicyclic) bond motifs is 1. The standard InChI is InChI=1S/C41H54N2O6/c1-40(2,3)38(44)48-36-15-12-29-24-31(11-10-30(29)25-36)37-17-16-35(46-7)26-32(37)18-21-42-27-28-8-13-33(14-9-28)47-34-19-22-43(23-20-34)39(45)49-41(4,5)6/h8-9,12-17,25-26,31,34,42H,10-11,18-24,27H2,1-7H3/t31-/m1/s1. The first-order chi connectivity index (χ1) is 23.3. The zero-order valence-electron chi connectivity index (χ0n) is 30.4. The summed E-state index contributed by atoms with van der Waals surface area (Å²) in [6.45, 7) is 14.2. The third-order valence-electron chi connectivity index (χ3n) is 9.24. The minimum Gasteiger partial charge on any atom is -0.497 e. The molecule has 8 heteroatoms. The number of ether oxygens (including phenoxy) is 4. The summed E-state index contributed by atoms with van der Waals surface area (Å²) in [5.74, 6) is 2.58. The van der Waals surface area contributed by atoms with Gasteiger partial charge in [0.15, 0.2) is 0 Å². The van der Waals surface area contributed by atoms with Crippen LogP contribution >= 0.6 is 0 Å². The SMILES string of the molecule is COc1ccc([C@@H]2CCc3cc(OC(=O)C(C)(C)C)ccc3C2)c(CCNCc2ccc(OC3CCN(C(=O)OC(C)(C)C)CC3)cc2)c1. The van der Waals surface area contributed by atoms with E-state index in [-0.39, 0.29) is 18.2 Å². The van der Waals surface area contributed by atoms with Crippen LogP contribution in [-0.2, 0) is 35.3 Å². The summed E-state index contributed by atoms with van der Waals surface area (Å²) in [7, 11) is 1.72. The molecule has 5 rings (SSSR count). The van der Waals surface area contributed by atoms with Crippen LogP contribution in [0.25, 0.3) is 0 Å². The predicted molar refractivity (Wildman–Crippen MR) is 193 cm³/mol. The molecule has 1 aliphatic carbocycles. The highest BCUT2D eigenvalue weighted by Crippen LogP contribution is 2.37. The molecule has 0 bridgehead atoms. The molecule has 0 radical (unpaired) electrons. The van der Waals surface area contributed by atoms with Crippen molar-refractivity contribution in [3.8, 4) is 17.2 Å². The third-order valence-corrected chi connectivity index (χ3v) is 9.24. The summed E-state index contributed by atoms with van der Waals surface area (Å²) in [4.78, 5) is 26.5. The average molecular weight is 671 g/mol. The average Bonchev–Trinajstić information content (AvgIpc) is 3.06. The number of esters is 1. The topological polar surface area (TPSA) is 86.3 Å². The lowest BCUT2D eigenvalue weighted by molar-refractivity contribution is -0.143. The van der Waals surface area contributed by atoms with Crippen LogP contribution in [-0.4, -0.2) is 55.4 Å². The Kier molecular flexibility index (Phi) is 11.6. The summed E-state index contributed by atoms with van der Waals surface area (Å²) in [6, 6.07) is 20.9. The number of amides is 1. The van der Waals surface area contributed by atoms with Crippen LogP contribution < -0.4 is 19.5 Å². The number of nitrogens with zero attached hydrogens (tertiary/aromatic N) is 1. The van der Waals surface area contributed by atoms with Gasteiger partial charge in [0.2, 0.25) is 0 Å². The highest BCUT2D eigenvalue weighted by Gasteiger charge is 2.28. The number of hydrogen-bond donors (Lipinski definition) is 1. The number of methoxy groups -OCH3 is 1. The van der Waals surface area contributed by atoms with Gasteiger partial charge in [-0.25, -0.2) is 4.79 Å². The first-order valence-electron chi connectivity index (χ1n) is 17.7. The number of rotatable bonds is 10. The van der Waals surface area contributed by atoms with Crippen LogP contribution in [0.2, 0.25) is 0 Å². The molecule has 0 unspecified atom stereocenters. The summed E-state index contributed by atoms with van der Waals surface area (Å²) < 4.78 is 23.0. The van der Waals surface area contributed by atoms with Gasteiger partial charge in [0, 0.05) is 32.5 Å². The monoisotopic (exact) mass is 670 g/mol. The molecule has 1 heterocycles. The van der Waals surface area contributed by atoms with Crippen molar-refractivity contribution in [3.63, 3.8) is 0 Å². The van der Waals surface area contributed by atoms with Crippen molar-refractivity contribution >= 4 is 12.1 Å². The Bertz CT molecular complexity index is 1580. The van der Waals surface area contributed by atoms with Gasteiger partial charge in [-0.3, -0.25) is 4.79 Å². The van der Waals surface area contributed by atoms with E-state index < -0.39 is 11.0 Å². The molecular weight excluding hydrogens is 616 g/mol. The van der Waals surface area contributed by atoms with Crippen LogP contribution in [0.5, 0.6) is 17.2 Å². The van der Waals surface area contributed by atoms with E-state index in [1.165, 1.54) is 27.8 Å². The molecule has 264 valence electrons. The number of likely N-dealkylation sites (tertiary alicyclic amines) is 1. The third kappa shape index (κ3) is 10.2. The molecule has 1 N–H and O–H groups in total. The number of aryl methyl sites for hydroxylation is 1. The maximum absolute atomic E-state index is 12.4. The van der Waals surface area contributed by atoms with Crippen molar-refractivity contribution in [3.05, 3.63) is 88.5 Å². The molecule has 49 heavy (non-hydrogen) atoms. The molecule has 8 nitrogen and oxygen atoms in total. The van der Waals surface area contributed by atoms with Gasteiger partial charge in [-0.15, -0.1) is 0 Å². The van der Waals surface area contributed by atoms with Gasteiger partial charge in [-0.2, -0.15) is 0 Å². The molecule has 1 atom stereocenters. The molecule has 0 spiro atoms. The predicted octanol–water partition coefficient (Wildman–Crippen LogP) is 8.03. The van der Waals surface area contributed by atoms with Crippen LogP contribution in [0.1, 0.15) is 94.5 Å². The highest BCUT2D eigenvalue weighted by atomic mass is 16.6. The van der Waals surface area contributed by atoms with Crippen LogP contribution in [0.15, 0.2) is 60.7 Å². The van der Waals surface area contributed by atoms with Crippen molar-refractivity contribution in [1.29, 1.82) is 0 Å². The first kappa shape index (κ1) is 36.2. The Balaban J connectivity index is 1.10. The summed E-state index contributed by atoms with van der Waals surface area (Å²) in [5, 5.41) is 3.63. The molecule has 2 aliphatic rings. The van der Waals surface area contributed by atoms with E-state index in [1.807, 2.05) is 65.8 Å². The minimum atomic E-state index is -0.536. The number of nitrogens with one attached hydrogen (secondary N) is 1. The molecular formula is C41H54N2O6.